The van der Waals surface area contributed by atoms with Crippen molar-refractivity contribution in [3.8, 4) is 0 Å². The predicted molar refractivity (Wildman–Crippen MR) is 97.1 cm³/mol. The smallest absolute Gasteiger partial charge is 0.187 e. The third-order valence-electron chi connectivity index (χ3n) is 0.811. The van der Waals surface area contributed by atoms with Crippen molar-refractivity contribution in [3.63, 3.8) is 0 Å². The Morgan fingerprint density at radius 2 is 1.15 bits per heavy atom. The van der Waals surface area contributed by atoms with E-state index in [2.05, 4.69) is 18.4 Å². The maximum atomic E-state index is 10.8. The fourth-order valence-electron chi connectivity index (χ4n) is 0.506. The van der Waals surface area contributed by atoms with Gasteiger partial charge in [-0.1, -0.05) is 0 Å². The van der Waals surface area contributed by atoms with E-state index < -0.39 is 31.3 Å². The van der Waals surface area contributed by atoms with Gasteiger partial charge in [-0.2, -0.15) is 22.7 Å². The fourth-order valence-corrected chi connectivity index (χ4v) is 7.15. The zero-order chi connectivity index (χ0) is 16.4. The van der Waals surface area contributed by atoms with Crippen molar-refractivity contribution < 1.29 is 8.42 Å². The van der Waals surface area contributed by atoms with E-state index in [0.29, 0.717) is 0 Å². The molecule has 19 heteroatoms. The maximum absolute atomic E-state index is 10.8. The highest BCUT2D eigenvalue weighted by atomic mass is 36.1. The van der Waals surface area contributed by atoms with Crippen LogP contribution in [-0.2, 0) is 9.24 Å². The molecule has 0 aliphatic heterocycles. The number of nitrogens with zero attached hydrogens (tertiary/aromatic N) is 4. The number of rotatable bonds is 2. The van der Waals surface area contributed by atoms with Crippen LogP contribution in [0.25, 0.3) is 0 Å². The predicted octanol–water partition coefficient (Wildman–Crippen LogP) is 8.58. The molecule has 0 N–H and O–H groups in total. The lowest BCUT2D eigenvalue weighted by molar-refractivity contribution is 0.612. The first-order valence-electron chi connectivity index (χ1n) is 3.49. The van der Waals surface area contributed by atoms with Crippen LogP contribution in [0.4, 0.5) is 0 Å². The summed E-state index contributed by atoms with van der Waals surface area (Å²) in [5.41, 5.74) is 0. The van der Waals surface area contributed by atoms with E-state index in [4.69, 9.17) is 101 Å². The minimum absolute atomic E-state index is 0.686. The summed E-state index contributed by atoms with van der Waals surface area (Å²) in [5.74, 6) is -4.54. The lowest BCUT2D eigenvalue weighted by atomic mass is 11.1. The molecule has 0 unspecified atom stereocenters. The van der Waals surface area contributed by atoms with Gasteiger partial charge in [-0.3, -0.25) is 0 Å². The fraction of sp³-hybridized carbons (Fsp3) is 0. The Labute approximate surface area is 157 Å². The van der Waals surface area contributed by atoms with Crippen LogP contribution in [0.15, 0.2) is 18.4 Å². The summed E-state index contributed by atoms with van der Waals surface area (Å²) < 4.78 is 34.7. The molecule has 0 bridgehead atoms. The average Bonchev–Trinajstić information content (AvgIpc) is 1.86. The Morgan fingerprint density at radius 3 is 1.40 bits per heavy atom. The van der Waals surface area contributed by atoms with Crippen LogP contribution in [0.5, 0.6) is 0 Å². The van der Waals surface area contributed by atoms with E-state index in [9.17, 15) is 8.42 Å². The van der Waals surface area contributed by atoms with Crippen LogP contribution in [0.3, 0.4) is 0 Å². The molecule has 0 radical (unpaired) electrons. The Morgan fingerprint density at radius 1 is 0.800 bits per heavy atom. The quantitative estimate of drug-likeness (QED) is 0.151. The first kappa shape index (κ1) is 22.9. The van der Waals surface area contributed by atoms with Crippen molar-refractivity contribution in [2.24, 2.45) is 18.4 Å². The molecule has 20 heavy (non-hydrogen) atoms. The Bertz CT molecular complexity index is 619. The van der Waals surface area contributed by atoms with E-state index >= 15 is 0 Å². The van der Waals surface area contributed by atoms with E-state index in [-0.39, 0.29) is 0 Å². The average molecular weight is 544 g/mol. The summed E-state index contributed by atoms with van der Waals surface area (Å²) in [6, 6.07) is 0. The van der Waals surface area contributed by atoms with Crippen molar-refractivity contribution in [1.29, 1.82) is 0 Å². The van der Waals surface area contributed by atoms with Crippen molar-refractivity contribution in [2.45, 2.75) is 0 Å². The van der Waals surface area contributed by atoms with Crippen LogP contribution in [0.1, 0.15) is 0 Å². The molecule has 0 aromatic carbocycles. The molecule has 6 nitrogen and oxygen atoms in total. The minimum atomic E-state index is -4.40. The zero-order valence-corrected chi connectivity index (χ0v) is 18.6. The Balaban J connectivity index is 6.20. The summed E-state index contributed by atoms with van der Waals surface area (Å²) >= 11 is 44.1. The second kappa shape index (κ2) is 8.34. The summed E-state index contributed by atoms with van der Waals surface area (Å²) in [6.07, 6.45) is 0. The number of halogens is 9. The molecule has 0 aromatic rings. The van der Waals surface area contributed by atoms with Gasteiger partial charge in [0.15, 0.2) is 0 Å². The highest BCUT2D eigenvalue weighted by molar-refractivity contribution is 8.27. The summed E-state index contributed by atoms with van der Waals surface area (Å²) in [5, 5.41) is -6.72. The normalized spacial score (nSPS) is 13.7. The van der Waals surface area contributed by atoms with Crippen LogP contribution in [0, 0.1) is 0 Å². The first-order chi connectivity index (χ1) is 8.49. The van der Waals surface area contributed by atoms with Gasteiger partial charge in [0.2, 0.25) is 10.2 Å². The summed E-state index contributed by atoms with van der Waals surface area (Å²) in [6.45, 7) is 0. The molecule has 0 aliphatic carbocycles. The van der Waals surface area contributed by atoms with Gasteiger partial charge < -0.3 is 0 Å². The third-order valence-corrected chi connectivity index (χ3v) is 7.09. The van der Waals surface area contributed by atoms with Gasteiger partial charge in [-0.15, -0.1) is 4.15 Å². The van der Waals surface area contributed by atoms with Crippen LogP contribution >= 0.6 is 117 Å². The molecule has 0 saturated carbocycles. The largest absolute Gasteiger partial charge is 0.342 e. The third kappa shape index (κ3) is 14.5. The van der Waals surface area contributed by atoms with Gasteiger partial charge in [0.1, 0.15) is 0 Å². The van der Waals surface area contributed by atoms with E-state index in [1.165, 1.54) is 0 Å². The van der Waals surface area contributed by atoms with Gasteiger partial charge in [0.25, 0.3) is 11.9 Å². The number of hydrogen-bond donors (Lipinski definition) is 0. The Kier molecular flexibility index (Phi) is 9.56. The monoisotopic (exact) mass is 540 g/mol. The van der Waals surface area contributed by atoms with Crippen molar-refractivity contribution in [1.82, 2.24) is 0 Å². The first-order valence-corrected chi connectivity index (χ1v) is 18.2. The molecule has 0 spiro atoms. The SMILES string of the molecule is O=S(=O)(Cl)N=P(Cl)(Cl)N=C(N=P(Cl)(Cl)Cl)N=P(Cl)(Cl)Cl. The maximum Gasteiger partial charge on any atom is 0.342 e. The summed E-state index contributed by atoms with van der Waals surface area (Å²) in [4.78, 5) is 0. The van der Waals surface area contributed by atoms with Gasteiger partial charge in [0, 0.05) is 10.7 Å². The zero-order valence-electron chi connectivity index (χ0n) is 8.26. The number of guanidine groups is 1. The van der Waals surface area contributed by atoms with E-state index in [1.54, 1.807) is 0 Å². The second-order valence-electron chi connectivity index (χ2n) is 2.39. The lowest BCUT2D eigenvalue weighted by Gasteiger charge is -2.04. The molecular weight excluding hydrogens is 544 g/mol. The van der Waals surface area contributed by atoms with E-state index in [1.807, 2.05) is 0 Å². The summed E-state index contributed by atoms with van der Waals surface area (Å²) in [7, 11) is 0.456. The van der Waals surface area contributed by atoms with Crippen LogP contribution in [0.2, 0.25) is 0 Å². The molecule has 0 saturated heterocycles. The van der Waals surface area contributed by atoms with Gasteiger partial charge in [-0.05, 0) is 89.9 Å². The van der Waals surface area contributed by atoms with Crippen molar-refractivity contribution in [3.05, 3.63) is 0 Å². The molecule has 0 heterocycles. The standard InChI is InChI=1S/CCl9N4O2P3S/c2-17(3,4)11-1(12-18(5,6)7)13-19(8,9)14-20(10,15)16. The molecule has 0 aliphatic rings. The molecule has 0 rings (SSSR count). The van der Waals surface area contributed by atoms with E-state index in [0.717, 1.165) is 0 Å². The van der Waals surface area contributed by atoms with Gasteiger partial charge in [-0.25, -0.2) is 0 Å². The van der Waals surface area contributed by atoms with Crippen molar-refractivity contribution in [2.75, 3.05) is 0 Å². The second-order valence-corrected chi connectivity index (χ2v) is 23.5. The highest BCUT2D eigenvalue weighted by Crippen LogP contribution is 2.69. The topological polar surface area (TPSA) is 83.6 Å². The molecule has 0 atom stereocenters. The molecule has 0 amide bonds. The minimum Gasteiger partial charge on any atom is -0.187 e. The van der Waals surface area contributed by atoms with Gasteiger partial charge >= 0.3 is 9.24 Å². The van der Waals surface area contributed by atoms with Crippen LogP contribution in [-0.4, -0.2) is 14.4 Å². The lowest BCUT2D eigenvalue weighted by Crippen LogP contribution is -1.85. The van der Waals surface area contributed by atoms with Gasteiger partial charge in [0.05, 0.1) is 0 Å². The highest BCUT2D eigenvalue weighted by Gasteiger charge is 2.20. The molecule has 120 valence electrons. The molecule has 0 aromatic heterocycles. The Hall–Kier alpha value is 2.92. The molecular formula is CCl9N4O2P3S. The number of hydrogen-bond acceptors (Lipinski definition) is 2. The van der Waals surface area contributed by atoms with Crippen LogP contribution < -0.4 is 0 Å². The molecule has 0 fully saturated rings. The van der Waals surface area contributed by atoms with Crippen molar-refractivity contribution >= 4 is 132 Å².